The number of nitrogens with zero attached hydrogens (tertiary/aromatic N) is 1. The second-order valence-electron chi connectivity index (χ2n) is 5.82. The number of carbonyl (C=O) groups excluding carboxylic acids is 1. The van der Waals surface area contributed by atoms with Crippen molar-refractivity contribution in [1.29, 1.82) is 0 Å². The molecule has 3 aliphatic rings. The molecule has 2 aliphatic carbocycles. The van der Waals surface area contributed by atoms with Gasteiger partial charge in [0.15, 0.2) is 5.17 Å². The third-order valence-electron chi connectivity index (χ3n) is 4.45. The van der Waals surface area contributed by atoms with E-state index in [0.29, 0.717) is 12.0 Å². The van der Waals surface area contributed by atoms with E-state index in [4.69, 9.17) is 0 Å². The van der Waals surface area contributed by atoms with Gasteiger partial charge in [-0.3, -0.25) is 4.79 Å². The molecular weight excluding hydrogens is 244 g/mol. The lowest BCUT2D eigenvalue weighted by Crippen LogP contribution is -2.34. The molecule has 0 aromatic carbocycles. The Bertz CT molecular complexity index is 344. The summed E-state index contributed by atoms with van der Waals surface area (Å²) in [6.07, 6.45) is 11.5. The Labute approximate surface area is 113 Å². The van der Waals surface area contributed by atoms with Gasteiger partial charge < -0.3 is 5.32 Å². The van der Waals surface area contributed by atoms with Gasteiger partial charge in [-0.15, -0.1) is 0 Å². The first-order valence-electron chi connectivity index (χ1n) is 7.38. The van der Waals surface area contributed by atoms with Gasteiger partial charge in [0.05, 0.1) is 5.25 Å². The Morgan fingerprint density at radius 1 is 1.00 bits per heavy atom. The van der Waals surface area contributed by atoms with Gasteiger partial charge in [-0.1, -0.05) is 43.9 Å². The summed E-state index contributed by atoms with van der Waals surface area (Å²) >= 11 is 1.70. The molecule has 3 nitrogen and oxygen atoms in total. The zero-order valence-electron chi connectivity index (χ0n) is 10.9. The molecule has 1 N–H and O–H groups in total. The zero-order chi connectivity index (χ0) is 12.4. The largest absolute Gasteiger partial charge is 0.362 e. The van der Waals surface area contributed by atoms with Crippen LogP contribution in [0.2, 0.25) is 0 Å². The van der Waals surface area contributed by atoms with Crippen LogP contribution in [0.4, 0.5) is 0 Å². The summed E-state index contributed by atoms with van der Waals surface area (Å²) in [4.78, 5) is 16.2. The summed E-state index contributed by atoms with van der Waals surface area (Å²) in [7, 11) is 0. The highest BCUT2D eigenvalue weighted by Gasteiger charge is 2.37. The monoisotopic (exact) mass is 266 g/mol. The minimum absolute atomic E-state index is 0.116. The van der Waals surface area contributed by atoms with Gasteiger partial charge in [-0.05, 0) is 31.6 Å². The molecular formula is C14H22N2OS. The number of amidine groups is 1. The highest BCUT2D eigenvalue weighted by Crippen LogP contribution is 2.37. The van der Waals surface area contributed by atoms with E-state index in [-0.39, 0.29) is 11.2 Å². The fourth-order valence-electron chi connectivity index (χ4n) is 3.41. The highest BCUT2D eigenvalue weighted by atomic mass is 32.2. The van der Waals surface area contributed by atoms with Crippen molar-refractivity contribution in [3.63, 3.8) is 0 Å². The molecule has 1 heterocycles. The number of hydrogen-bond donors (Lipinski definition) is 1. The number of hydrogen-bond acceptors (Lipinski definition) is 3. The van der Waals surface area contributed by atoms with Crippen molar-refractivity contribution in [2.24, 2.45) is 10.9 Å². The molecule has 0 bridgehead atoms. The Balaban J connectivity index is 1.54. The maximum absolute atomic E-state index is 12.0. The Hall–Kier alpha value is -0.510. The zero-order valence-corrected chi connectivity index (χ0v) is 11.7. The Morgan fingerprint density at radius 3 is 2.39 bits per heavy atom. The molecule has 1 atom stereocenters. The molecule has 1 amide bonds. The van der Waals surface area contributed by atoms with Crippen LogP contribution in [0.25, 0.3) is 0 Å². The van der Waals surface area contributed by atoms with E-state index in [0.717, 1.165) is 5.17 Å². The lowest BCUT2D eigenvalue weighted by molar-refractivity contribution is -0.117. The molecule has 18 heavy (non-hydrogen) atoms. The van der Waals surface area contributed by atoms with E-state index in [1.807, 2.05) is 0 Å². The smallest absolute Gasteiger partial charge is 0.261 e. The number of aliphatic imine (C=N–C) groups is 1. The van der Waals surface area contributed by atoms with Gasteiger partial charge in [0.25, 0.3) is 5.91 Å². The molecule has 0 spiro atoms. The van der Waals surface area contributed by atoms with Crippen LogP contribution >= 0.6 is 11.8 Å². The normalized spacial score (nSPS) is 30.8. The molecule has 0 aromatic rings. The predicted octanol–water partition coefficient (Wildman–Crippen LogP) is 3.10. The second kappa shape index (κ2) is 5.64. The van der Waals surface area contributed by atoms with Gasteiger partial charge in [0.2, 0.25) is 0 Å². The molecule has 4 heteroatoms. The van der Waals surface area contributed by atoms with Crippen molar-refractivity contribution in [1.82, 2.24) is 5.32 Å². The predicted molar refractivity (Wildman–Crippen MR) is 75.8 cm³/mol. The molecule has 0 radical (unpaired) electrons. The summed E-state index contributed by atoms with van der Waals surface area (Å²) in [5.74, 6) is 0.696. The number of amides is 1. The van der Waals surface area contributed by atoms with E-state index >= 15 is 0 Å². The molecule has 3 rings (SSSR count). The van der Waals surface area contributed by atoms with Crippen LogP contribution in [0, 0.1) is 5.92 Å². The van der Waals surface area contributed by atoms with Crippen molar-refractivity contribution in [2.75, 3.05) is 0 Å². The van der Waals surface area contributed by atoms with Gasteiger partial charge in [-0.25, -0.2) is 0 Å². The lowest BCUT2D eigenvalue weighted by atomic mass is 9.96. The topological polar surface area (TPSA) is 41.5 Å². The first kappa shape index (κ1) is 12.5. The quantitative estimate of drug-likeness (QED) is 0.835. The van der Waals surface area contributed by atoms with Crippen LogP contribution in [0.5, 0.6) is 0 Å². The van der Waals surface area contributed by atoms with E-state index in [9.17, 15) is 4.79 Å². The van der Waals surface area contributed by atoms with E-state index in [2.05, 4.69) is 10.3 Å². The summed E-state index contributed by atoms with van der Waals surface area (Å²) < 4.78 is 0. The number of carbonyl (C=O) groups is 1. The summed E-state index contributed by atoms with van der Waals surface area (Å²) in [6, 6.07) is 0.556. The number of rotatable bonds is 2. The van der Waals surface area contributed by atoms with Crippen LogP contribution < -0.4 is 5.32 Å². The molecule has 0 saturated heterocycles. The fourth-order valence-corrected chi connectivity index (χ4v) is 4.64. The van der Waals surface area contributed by atoms with Crippen LogP contribution in [0.1, 0.15) is 57.8 Å². The maximum Gasteiger partial charge on any atom is 0.261 e. The first-order valence-corrected chi connectivity index (χ1v) is 8.26. The SMILES string of the molecule is O=C1N=C(NC2CCCCC2)SC1C1CCCC1. The standard InChI is InChI=1S/C14H22N2OS/c17-13-12(10-6-4-5-7-10)18-14(16-13)15-11-8-2-1-3-9-11/h10-12H,1-9H2,(H,15,16,17). The fraction of sp³-hybridized carbons (Fsp3) is 0.857. The van der Waals surface area contributed by atoms with Crippen LogP contribution in [-0.4, -0.2) is 22.4 Å². The Morgan fingerprint density at radius 2 is 1.67 bits per heavy atom. The summed E-state index contributed by atoms with van der Waals surface area (Å²) in [6.45, 7) is 0. The average Bonchev–Trinajstić information content (AvgIpc) is 3.00. The summed E-state index contributed by atoms with van der Waals surface area (Å²) in [5, 5.41) is 4.52. The van der Waals surface area contributed by atoms with Crippen LogP contribution in [-0.2, 0) is 4.79 Å². The van der Waals surface area contributed by atoms with Crippen molar-refractivity contribution in [3.8, 4) is 0 Å². The Kier molecular flexibility index (Phi) is 3.92. The number of nitrogens with one attached hydrogen (secondary N) is 1. The lowest BCUT2D eigenvalue weighted by Gasteiger charge is -2.23. The third kappa shape index (κ3) is 2.73. The van der Waals surface area contributed by atoms with Crippen LogP contribution in [0.15, 0.2) is 4.99 Å². The van der Waals surface area contributed by atoms with Crippen molar-refractivity contribution >= 4 is 22.8 Å². The van der Waals surface area contributed by atoms with Gasteiger partial charge >= 0.3 is 0 Å². The minimum atomic E-state index is 0.116. The maximum atomic E-state index is 12.0. The van der Waals surface area contributed by atoms with E-state index in [1.165, 1.54) is 57.8 Å². The molecule has 100 valence electrons. The molecule has 2 fully saturated rings. The summed E-state index contributed by atoms with van der Waals surface area (Å²) in [5.41, 5.74) is 0. The van der Waals surface area contributed by atoms with E-state index in [1.54, 1.807) is 11.8 Å². The third-order valence-corrected chi connectivity index (χ3v) is 5.73. The molecule has 0 aromatic heterocycles. The minimum Gasteiger partial charge on any atom is -0.362 e. The van der Waals surface area contributed by atoms with Crippen molar-refractivity contribution < 1.29 is 4.79 Å². The molecule has 1 aliphatic heterocycles. The van der Waals surface area contributed by atoms with E-state index < -0.39 is 0 Å². The highest BCUT2D eigenvalue weighted by molar-refractivity contribution is 8.15. The van der Waals surface area contributed by atoms with Crippen molar-refractivity contribution in [2.45, 2.75) is 69.1 Å². The van der Waals surface area contributed by atoms with Crippen LogP contribution in [0.3, 0.4) is 0 Å². The number of thioether (sulfide) groups is 1. The first-order chi connectivity index (χ1) is 8.83. The van der Waals surface area contributed by atoms with Gasteiger partial charge in [-0.2, -0.15) is 4.99 Å². The van der Waals surface area contributed by atoms with Crippen molar-refractivity contribution in [3.05, 3.63) is 0 Å². The second-order valence-corrected chi connectivity index (χ2v) is 6.95. The molecule has 1 unspecified atom stereocenters. The van der Waals surface area contributed by atoms with Gasteiger partial charge in [0.1, 0.15) is 0 Å². The molecule has 2 saturated carbocycles. The van der Waals surface area contributed by atoms with Gasteiger partial charge in [0, 0.05) is 6.04 Å². The average molecular weight is 266 g/mol.